The van der Waals surface area contributed by atoms with Gasteiger partial charge >= 0.3 is 0 Å². The first-order valence-corrected chi connectivity index (χ1v) is 9.74. The number of hydrogen-bond donors (Lipinski definition) is 3. The second-order valence-electron chi connectivity index (χ2n) is 7.08. The number of guanidine groups is 1. The van der Waals surface area contributed by atoms with Crippen molar-refractivity contribution in [2.75, 3.05) is 25.0 Å². The first-order chi connectivity index (χ1) is 14.1. The smallest absolute Gasteiger partial charge is 0.222 e. The summed E-state index contributed by atoms with van der Waals surface area (Å²) in [6, 6.07) is 10.3. The molecule has 3 rings (SSSR count). The van der Waals surface area contributed by atoms with E-state index in [0.717, 1.165) is 36.3 Å². The fourth-order valence-corrected chi connectivity index (χ4v) is 3.49. The number of amides is 1. The summed E-state index contributed by atoms with van der Waals surface area (Å²) >= 11 is 0. The van der Waals surface area contributed by atoms with Gasteiger partial charge in [0.25, 0.3) is 0 Å². The summed E-state index contributed by atoms with van der Waals surface area (Å²) in [6.45, 7) is 2.42. The highest BCUT2D eigenvalue weighted by Crippen LogP contribution is 2.24. The van der Waals surface area contributed by atoms with E-state index in [0.29, 0.717) is 25.6 Å². The zero-order valence-corrected chi connectivity index (χ0v) is 19.3. The van der Waals surface area contributed by atoms with Crippen molar-refractivity contribution in [3.8, 4) is 0 Å². The second-order valence-corrected chi connectivity index (χ2v) is 7.08. The fraction of sp³-hybridized carbons (Fsp3) is 0.381. The molecule has 2 aromatic rings. The molecule has 2 heterocycles. The third-order valence-corrected chi connectivity index (χ3v) is 5.01. The van der Waals surface area contributed by atoms with Crippen molar-refractivity contribution in [3.05, 3.63) is 59.5 Å². The molecule has 0 saturated carbocycles. The van der Waals surface area contributed by atoms with Crippen LogP contribution in [-0.4, -0.2) is 37.0 Å². The number of rotatable bonds is 6. The molecule has 1 aliphatic heterocycles. The number of aliphatic imine (C=N–C) groups is 1. The van der Waals surface area contributed by atoms with Crippen LogP contribution < -0.4 is 21.3 Å². The molecule has 7 nitrogen and oxygen atoms in total. The Labute approximate surface area is 193 Å². The van der Waals surface area contributed by atoms with E-state index in [1.165, 1.54) is 12.1 Å². The number of carbonyl (C=O) groups excluding carboxylic acids is 1. The minimum absolute atomic E-state index is 0. The van der Waals surface area contributed by atoms with Crippen molar-refractivity contribution in [3.63, 3.8) is 0 Å². The van der Waals surface area contributed by atoms with E-state index in [9.17, 15) is 9.18 Å². The number of pyridine rings is 1. The van der Waals surface area contributed by atoms with Crippen molar-refractivity contribution >= 4 is 41.7 Å². The van der Waals surface area contributed by atoms with E-state index in [1.54, 1.807) is 19.3 Å². The number of piperidine rings is 1. The van der Waals surface area contributed by atoms with Gasteiger partial charge < -0.3 is 21.3 Å². The number of benzene rings is 1. The van der Waals surface area contributed by atoms with Crippen molar-refractivity contribution in [2.24, 2.45) is 16.6 Å². The summed E-state index contributed by atoms with van der Waals surface area (Å²) in [5.74, 6) is 0.798. The van der Waals surface area contributed by atoms with Gasteiger partial charge in [0.15, 0.2) is 5.96 Å². The van der Waals surface area contributed by atoms with Crippen molar-refractivity contribution < 1.29 is 9.18 Å². The van der Waals surface area contributed by atoms with Crippen LogP contribution in [0, 0.1) is 11.7 Å². The van der Waals surface area contributed by atoms with Gasteiger partial charge in [-0.25, -0.2) is 9.37 Å². The average molecular weight is 526 g/mol. The number of nitrogens with one attached hydrogen (secondary N) is 2. The Morgan fingerprint density at radius 3 is 2.83 bits per heavy atom. The number of aromatic nitrogens is 1. The van der Waals surface area contributed by atoms with Gasteiger partial charge in [-0.05, 0) is 36.6 Å². The van der Waals surface area contributed by atoms with Gasteiger partial charge in [0.1, 0.15) is 11.6 Å². The number of carbonyl (C=O) groups is 1. The van der Waals surface area contributed by atoms with E-state index in [4.69, 9.17) is 5.73 Å². The molecule has 1 aliphatic rings. The molecule has 30 heavy (non-hydrogen) atoms. The molecule has 4 N–H and O–H groups in total. The Morgan fingerprint density at radius 1 is 1.30 bits per heavy atom. The number of hydrogen-bond acceptors (Lipinski definition) is 4. The largest absolute Gasteiger partial charge is 0.369 e. The Morgan fingerprint density at radius 2 is 2.10 bits per heavy atom. The molecule has 1 unspecified atom stereocenters. The predicted octanol–water partition coefficient (Wildman–Crippen LogP) is 2.41. The minimum Gasteiger partial charge on any atom is -0.369 e. The zero-order valence-electron chi connectivity index (χ0n) is 17.0. The van der Waals surface area contributed by atoms with Crippen LogP contribution in [0.4, 0.5) is 10.2 Å². The summed E-state index contributed by atoms with van der Waals surface area (Å²) < 4.78 is 13.3. The summed E-state index contributed by atoms with van der Waals surface area (Å²) in [4.78, 5) is 22.5. The number of nitrogens with two attached hydrogens (primary N) is 1. The standard InChI is InChI=1S/C21H27FN6O.HI/c1-24-21(26-12-15-5-2-8-18(22)11-15)27-13-16-6-3-9-25-20(16)28-10-4-7-17(14-28)19(23)29;/h2-3,5-6,8-9,11,17H,4,7,10,12-14H2,1H3,(H2,23,29)(H2,24,26,27);1H. The van der Waals surface area contributed by atoms with E-state index in [-0.39, 0.29) is 41.6 Å². The molecular formula is C21H28FIN6O. The van der Waals surface area contributed by atoms with Gasteiger partial charge in [0.05, 0.1) is 5.92 Å². The molecule has 9 heteroatoms. The molecule has 0 aliphatic carbocycles. The van der Waals surface area contributed by atoms with Gasteiger partial charge in [0, 0.05) is 45.0 Å². The minimum atomic E-state index is -0.261. The molecule has 1 amide bonds. The highest BCUT2D eigenvalue weighted by molar-refractivity contribution is 14.0. The molecular weight excluding hydrogens is 498 g/mol. The predicted molar refractivity (Wildman–Crippen MR) is 127 cm³/mol. The topological polar surface area (TPSA) is 95.6 Å². The summed E-state index contributed by atoms with van der Waals surface area (Å²) in [5, 5.41) is 6.45. The molecule has 1 atom stereocenters. The van der Waals surface area contributed by atoms with Gasteiger partial charge in [-0.3, -0.25) is 9.79 Å². The van der Waals surface area contributed by atoms with E-state index >= 15 is 0 Å². The molecule has 0 spiro atoms. The van der Waals surface area contributed by atoms with E-state index < -0.39 is 0 Å². The molecule has 1 aromatic heterocycles. The van der Waals surface area contributed by atoms with E-state index in [2.05, 4.69) is 25.5 Å². The lowest BCUT2D eigenvalue weighted by Crippen LogP contribution is -2.42. The number of primary amides is 1. The number of anilines is 1. The maximum atomic E-state index is 13.3. The SMILES string of the molecule is CN=C(NCc1cccc(F)c1)NCc1cccnc1N1CCCC(C(N)=O)C1.I. The Bertz CT molecular complexity index is 878. The highest BCUT2D eigenvalue weighted by Gasteiger charge is 2.25. The van der Waals surface area contributed by atoms with Crippen LogP contribution in [0.25, 0.3) is 0 Å². The van der Waals surface area contributed by atoms with Crippen LogP contribution in [0.1, 0.15) is 24.0 Å². The fourth-order valence-electron chi connectivity index (χ4n) is 3.49. The lowest BCUT2D eigenvalue weighted by atomic mass is 9.97. The van der Waals surface area contributed by atoms with Crippen LogP contribution in [-0.2, 0) is 17.9 Å². The zero-order chi connectivity index (χ0) is 20.6. The Hall–Kier alpha value is -2.43. The Balaban J connectivity index is 0.00000320. The van der Waals surface area contributed by atoms with Crippen LogP contribution in [0.2, 0.25) is 0 Å². The summed E-state index contributed by atoms with van der Waals surface area (Å²) in [7, 11) is 1.69. The molecule has 1 aromatic carbocycles. The molecule has 1 fully saturated rings. The third-order valence-electron chi connectivity index (χ3n) is 5.01. The lowest BCUT2D eigenvalue weighted by Gasteiger charge is -2.33. The first kappa shape index (κ1) is 23.8. The quantitative estimate of drug-likeness (QED) is 0.306. The summed E-state index contributed by atoms with van der Waals surface area (Å²) in [5.41, 5.74) is 7.35. The number of nitrogens with zero attached hydrogens (tertiary/aromatic N) is 3. The monoisotopic (exact) mass is 526 g/mol. The van der Waals surface area contributed by atoms with Crippen molar-refractivity contribution in [1.29, 1.82) is 0 Å². The first-order valence-electron chi connectivity index (χ1n) is 9.74. The van der Waals surface area contributed by atoms with Crippen molar-refractivity contribution in [2.45, 2.75) is 25.9 Å². The summed E-state index contributed by atoms with van der Waals surface area (Å²) in [6.07, 6.45) is 3.49. The van der Waals surface area contributed by atoms with Crippen LogP contribution in [0.5, 0.6) is 0 Å². The normalized spacial score (nSPS) is 16.5. The molecule has 162 valence electrons. The van der Waals surface area contributed by atoms with Crippen LogP contribution in [0.15, 0.2) is 47.6 Å². The molecule has 1 saturated heterocycles. The number of halogens is 2. The van der Waals surface area contributed by atoms with E-state index in [1.807, 2.05) is 18.2 Å². The maximum Gasteiger partial charge on any atom is 0.222 e. The second kappa shape index (κ2) is 11.7. The Kier molecular flexibility index (Phi) is 9.28. The molecule has 0 radical (unpaired) electrons. The van der Waals surface area contributed by atoms with Gasteiger partial charge in [-0.1, -0.05) is 18.2 Å². The third kappa shape index (κ3) is 6.54. The molecule has 0 bridgehead atoms. The highest BCUT2D eigenvalue weighted by atomic mass is 127. The average Bonchev–Trinajstić information content (AvgIpc) is 2.74. The van der Waals surface area contributed by atoms with Crippen LogP contribution >= 0.6 is 24.0 Å². The lowest BCUT2D eigenvalue weighted by molar-refractivity contribution is -0.122. The van der Waals surface area contributed by atoms with Gasteiger partial charge in [-0.2, -0.15) is 0 Å². The van der Waals surface area contributed by atoms with Crippen molar-refractivity contribution in [1.82, 2.24) is 15.6 Å². The van der Waals surface area contributed by atoms with Gasteiger partial charge in [0.2, 0.25) is 5.91 Å². The van der Waals surface area contributed by atoms with Gasteiger partial charge in [-0.15, -0.1) is 24.0 Å². The van der Waals surface area contributed by atoms with Crippen LogP contribution in [0.3, 0.4) is 0 Å². The maximum absolute atomic E-state index is 13.3.